The highest BCUT2D eigenvalue weighted by atomic mass is 16.6. The van der Waals surface area contributed by atoms with Gasteiger partial charge in [0.15, 0.2) is 46.0 Å². The number of unbranched alkanes of at least 4 members (excludes halogenated alkanes) is 2. The van der Waals surface area contributed by atoms with Crippen LogP contribution >= 0.6 is 0 Å². The molecule has 0 unspecified atom stereocenters. The Hall–Kier alpha value is -6.26. The van der Waals surface area contributed by atoms with Gasteiger partial charge >= 0.3 is 11.9 Å². The van der Waals surface area contributed by atoms with Crippen LogP contribution in [0.4, 0.5) is 0 Å². The lowest BCUT2D eigenvalue weighted by molar-refractivity contribution is -0.941. The molecule has 0 N–H and O–H groups in total. The molecule has 0 aliphatic carbocycles. The number of likely N-dealkylation sites (N-methyl/N-ethyl adjacent to an activating group) is 2. The summed E-state index contributed by atoms with van der Waals surface area (Å²) in [5.41, 5.74) is 6.94. The number of rotatable bonds is 28. The van der Waals surface area contributed by atoms with Crippen LogP contribution in [0.3, 0.4) is 0 Å². The van der Waals surface area contributed by atoms with E-state index in [-0.39, 0.29) is 24.0 Å². The Kier molecular flexibility index (Phi) is 20.0. The molecule has 16 nitrogen and oxygen atoms in total. The molecule has 0 fully saturated rings. The van der Waals surface area contributed by atoms with Crippen LogP contribution in [0.5, 0.6) is 57.5 Å². The summed E-state index contributed by atoms with van der Waals surface area (Å²) in [7, 11) is 20.9. The van der Waals surface area contributed by atoms with E-state index in [2.05, 4.69) is 38.4 Å². The molecule has 0 spiro atoms. The molecular formula is C57H80N2O14+2. The first-order valence-electron chi connectivity index (χ1n) is 25.3. The van der Waals surface area contributed by atoms with Gasteiger partial charge in [0.2, 0.25) is 11.5 Å². The molecule has 0 saturated heterocycles. The normalized spacial score (nSPS) is 18.8. The Morgan fingerprint density at radius 2 is 0.753 bits per heavy atom. The van der Waals surface area contributed by atoms with Crippen molar-refractivity contribution in [1.82, 2.24) is 0 Å². The maximum atomic E-state index is 12.9. The average Bonchev–Trinajstić information content (AvgIpc) is 3.41. The summed E-state index contributed by atoms with van der Waals surface area (Å²) in [6.07, 6.45) is 7.13. The van der Waals surface area contributed by atoms with Crippen molar-refractivity contribution in [3.8, 4) is 57.5 Å². The summed E-state index contributed by atoms with van der Waals surface area (Å²) >= 11 is 0. The van der Waals surface area contributed by atoms with Crippen molar-refractivity contribution >= 4 is 11.9 Å². The molecule has 4 atom stereocenters. The van der Waals surface area contributed by atoms with Crippen LogP contribution in [0.25, 0.3) is 0 Å². The minimum Gasteiger partial charge on any atom is -0.493 e. The van der Waals surface area contributed by atoms with Crippen molar-refractivity contribution < 1.29 is 75.4 Å². The molecule has 16 heteroatoms. The van der Waals surface area contributed by atoms with Gasteiger partial charge in [-0.3, -0.25) is 9.59 Å². The van der Waals surface area contributed by atoms with E-state index in [1.807, 2.05) is 24.3 Å². The van der Waals surface area contributed by atoms with Crippen molar-refractivity contribution in [2.45, 2.75) is 82.7 Å². The lowest BCUT2D eigenvalue weighted by atomic mass is 9.86. The molecule has 73 heavy (non-hydrogen) atoms. The second-order valence-electron chi connectivity index (χ2n) is 19.4. The molecular weight excluding hydrogens is 937 g/mol. The SMILES string of the molecule is COc1cc2c(cc1OC)[C@@H](Cc1cc(OC)c(OC)c(OC)c1)[N@+](C)(CCCOC(=O)CCCCCC(=O)OCCC[N@@+]1(C)CCc3cc(OC)c(OC)cc3[C@@H]1Cc1cc(OC)c(OC)c(OC)c1)CC2. The summed E-state index contributed by atoms with van der Waals surface area (Å²) in [5.74, 6) is 5.87. The van der Waals surface area contributed by atoms with Gasteiger partial charge in [-0.2, -0.15) is 0 Å². The smallest absolute Gasteiger partial charge is 0.305 e. The van der Waals surface area contributed by atoms with Gasteiger partial charge in [0.05, 0.1) is 125 Å². The van der Waals surface area contributed by atoms with Crippen LogP contribution < -0.4 is 47.4 Å². The van der Waals surface area contributed by atoms with Crippen LogP contribution in [0.2, 0.25) is 0 Å². The molecule has 0 saturated carbocycles. The Morgan fingerprint density at radius 1 is 0.425 bits per heavy atom. The minimum absolute atomic E-state index is 0.0563. The summed E-state index contributed by atoms with van der Waals surface area (Å²) in [6, 6.07) is 16.6. The third-order valence-electron chi connectivity index (χ3n) is 15.0. The Balaban J connectivity index is 0.969. The summed E-state index contributed by atoms with van der Waals surface area (Å²) < 4.78 is 69.9. The van der Waals surface area contributed by atoms with Crippen molar-refractivity contribution in [1.29, 1.82) is 0 Å². The number of methoxy groups -OCH3 is 10. The highest BCUT2D eigenvalue weighted by Gasteiger charge is 2.42. The lowest BCUT2D eigenvalue weighted by Gasteiger charge is -2.46. The van der Waals surface area contributed by atoms with E-state index in [0.717, 1.165) is 65.5 Å². The average molecular weight is 1020 g/mol. The summed E-state index contributed by atoms with van der Waals surface area (Å²) in [5, 5.41) is 0. The zero-order valence-electron chi connectivity index (χ0n) is 45.4. The van der Waals surface area contributed by atoms with Gasteiger partial charge in [0.1, 0.15) is 12.1 Å². The standard InChI is InChI=1S/C57H80N2O14/c1-58(24-20-40-34-46(62-3)48(64-5)36-42(40)44(58)28-38-30-50(66-7)56(70-11)51(31-38)67-8)22-16-26-72-54(60)18-14-13-15-19-55(61)73-27-17-23-59(2)25-21-41-35-47(63-4)49(65-6)37-43(41)45(59)29-39-32-52(68-9)57(71-12)53(33-39)69-10/h30-37,44-45H,13-29H2,1-12H3/q+2/t44-,45+,58-,59+. The highest BCUT2D eigenvalue weighted by molar-refractivity contribution is 5.70. The topological polar surface area (TPSA) is 145 Å². The summed E-state index contributed by atoms with van der Waals surface area (Å²) in [6.45, 7) is 4.04. The van der Waals surface area contributed by atoms with Gasteiger partial charge in [-0.1, -0.05) is 6.42 Å². The molecule has 0 radical (unpaired) electrons. The lowest BCUT2D eigenvalue weighted by Crippen LogP contribution is -2.52. The van der Waals surface area contributed by atoms with E-state index in [1.165, 1.54) is 22.3 Å². The molecule has 2 aliphatic rings. The van der Waals surface area contributed by atoms with Gasteiger partial charge in [-0.15, -0.1) is 0 Å². The number of fused-ring (bicyclic) bond motifs is 2. The number of ether oxygens (including phenoxy) is 12. The maximum absolute atomic E-state index is 12.9. The van der Waals surface area contributed by atoms with E-state index in [1.54, 1.807) is 71.1 Å². The van der Waals surface area contributed by atoms with Crippen LogP contribution in [0.15, 0.2) is 48.5 Å². The zero-order chi connectivity index (χ0) is 52.7. The highest BCUT2D eigenvalue weighted by Crippen LogP contribution is 2.47. The van der Waals surface area contributed by atoms with Gasteiger partial charge < -0.3 is 65.8 Å². The molecule has 400 valence electrons. The fourth-order valence-corrected chi connectivity index (χ4v) is 10.9. The number of quaternary nitrogens is 2. The molecule has 4 aromatic rings. The van der Waals surface area contributed by atoms with Crippen molar-refractivity contribution in [2.75, 3.05) is 125 Å². The van der Waals surface area contributed by atoms with Crippen molar-refractivity contribution in [2.24, 2.45) is 0 Å². The van der Waals surface area contributed by atoms with Crippen LogP contribution in [-0.4, -0.2) is 145 Å². The zero-order valence-corrected chi connectivity index (χ0v) is 45.4. The van der Waals surface area contributed by atoms with E-state index >= 15 is 0 Å². The molecule has 2 heterocycles. The third-order valence-corrected chi connectivity index (χ3v) is 15.0. The number of hydrogen-bond donors (Lipinski definition) is 0. The van der Waals surface area contributed by atoms with E-state index in [0.29, 0.717) is 122 Å². The Morgan fingerprint density at radius 3 is 1.07 bits per heavy atom. The monoisotopic (exact) mass is 1020 g/mol. The molecule has 4 aromatic carbocycles. The quantitative estimate of drug-likeness (QED) is 0.0303. The molecule has 6 rings (SSSR count). The van der Waals surface area contributed by atoms with E-state index in [4.69, 9.17) is 56.8 Å². The Bertz CT molecular complexity index is 2280. The van der Waals surface area contributed by atoms with Crippen LogP contribution in [0.1, 0.15) is 90.4 Å². The van der Waals surface area contributed by atoms with Crippen molar-refractivity contribution in [3.05, 3.63) is 81.9 Å². The minimum atomic E-state index is -0.224. The molecule has 2 aliphatic heterocycles. The predicted molar refractivity (Wildman–Crippen MR) is 278 cm³/mol. The van der Waals surface area contributed by atoms with Crippen LogP contribution in [0, 0.1) is 0 Å². The molecule has 0 bridgehead atoms. The second-order valence-corrected chi connectivity index (χ2v) is 19.4. The molecule has 0 amide bonds. The van der Waals surface area contributed by atoms with Crippen LogP contribution in [-0.2, 0) is 44.7 Å². The third kappa shape index (κ3) is 13.3. The number of esters is 2. The first kappa shape index (κ1) is 56.0. The number of nitrogens with zero attached hydrogens (tertiary/aromatic N) is 2. The maximum Gasteiger partial charge on any atom is 0.305 e. The van der Waals surface area contributed by atoms with E-state index < -0.39 is 0 Å². The summed E-state index contributed by atoms with van der Waals surface area (Å²) in [4.78, 5) is 25.8. The predicted octanol–water partition coefficient (Wildman–Crippen LogP) is 8.86. The number of carbonyl (C=O) groups is 2. The number of carbonyl (C=O) groups excluding carboxylic acids is 2. The molecule has 0 aromatic heterocycles. The second kappa shape index (κ2) is 26.1. The fraction of sp³-hybridized carbons (Fsp3) is 0.544. The number of benzene rings is 4. The first-order valence-corrected chi connectivity index (χ1v) is 25.3. The first-order chi connectivity index (χ1) is 35.2. The van der Waals surface area contributed by atoms with Crippen molar-refractivity contribution in [3.63, 3.8) is 0 Å². The largest absolute Gasteiger partial charge is 0.493 e. The van der Waals surface area contributed by atoms with Gasteiger partial charge in [-0.25, -0.2) is 0 Å². The van der Waals surface area contributed by atoms with E-state index in [9.17, 15) is 9.59 Å². The van der Waals surface area contributed by atoms with Gasteiger partial charge in [0.25, 0.3) is 0 Å². The number of hydrogen-bond acceptors (Lipinski definition) is 14. The Labute approximate surface area is 432 Å². The van der Waals surface area contributed by atoms with Gasteiger partial charge in [0, 0.05) is 62.5 Å². The van der Waals surface area contributed by atoms with Gasteiger partial charge in [-0.05, 0) is 83.6 Å². The fourth-order valence-electron chi connectivity index (χ4n) is 10.9.